The zero-order valence-electron chi connectivity index (χ0n) is 9.00. The molecule has 0 aliphatic carbocycles. The summed E-state index contributed by atoms with van der Waals surface area (Å²) in [6, 6.07) is 5.97. The highest BCUT2D eigenvalue weighted by atomic mass is 19.1. The summed E-state index contributed by atoms with van der Waals surface area (Å²) in [4.78, 5) is 11.2. The molecule has 0 amide bonds. The second kappa shape index (κ2) is 5.49. The first kappa shape index (κ1) is 11.7. The van der Waals surface area contributed by atoms with Gasteiger partial charge >= 0.3 is 5.97 Å². The highest BCUT2D eigenvalue weighted by Crippen LogP contribution is 2.17. The van der Waals surface area contributed by atoms with E-state index in [4.69, 9.17) is 4.74 Å². The highest BCUT2D eigenvalue weighted by molar-refractivity contribution is 5.69. The number of carbonyl (C=O) groups is 1. The van der Waals surface area contributed by atoms with E-state index in [1.165, 1.54) is 12.1 Å². The van der Waals surface area contributed by atoms with Crippen molar-refractivity contribution in [3.63, 3.8) is 0 Å². The fraction of sp³-hybridized carbons (Fsp3) is 0.417. The molecule has 3 heteroatoms. The van der Waals surface area contributed by atoms with E-state index in [-0.39, 0.29) is 17.9 Å². The van der Waals surface area contributed by atoms with Crippen LogP contribution < -0.4 is 0 Å². The lowest BCUT2D eigenvalue weighted by atomic mass is 10.1. The Hall–Kier alpha value is -1.38. The average Bonchev–Trinajstić information content (AvgIpc) is 2.18. The lowest BCUT2D eigenvalue weighted by Crippen LogP contribution is -2.08. The molecular weight excluding hydrogens is 195 g/mol. The van der Waals surface area contributed by atoms with Gasteiger partial charge in [-0.15, -0.1) is 0 Å². The minimum absolute atomic E-state index is 0.214. The smallest absolute Gasteiger partial charge is 0.306 e. The molecule has 0 aliphatic rings. The number of rotatable bonds is 4. The van der Waals surface area contributed by atoms with Crippen LogP contribution in [0.3, 0.4) is 0 Å². The highest BCUT2D eigenvalue weighted by Gasteiger charge is 2.10. The molecule has 0 bridgehead atoms. The molecule has 1 aromatic rings. The Labute approximate surface area is 89.1 Å². The number of halogens is 1. The van der Waals surface area contributed by atoms with Gasteiger partial charge in [-0.2, -0.15) is 0 Å². The summed E-state index contributed by atoms with van der Waals surface area (Å²) in [6.45, 7) is 3.70. The maximum atomic E-state index is 12.6. The van der Waals surface area contributed by atoms with Crippen LogP contribution >= 0.6 is 0 Å². The number of ether oxygens (including phenoxy) is 1. The molecule has 1 atom stereocenters. The normalized spacial score (nSPS) is 12.2. The minimum atomic E-state index is -0.315. The minimum Gasteiger partial charge on any atom is -0.458 e. The molecule has 0 unspecified atom stereocenters. The average molecular weight is 210 g/mol. The van der Waals surface area contributed by atoms with Crippen LogP contribution in [0.4, 0.5) is 4.39 Å². The Morgan fingerprint density at radius 1 is 1.40 bits per heavy atom. The van der Waals surface area contributed by atoms with Crippen LogP contribution in [0.15, 0.2) is 24.3 Å². The Kier molecular flexibility index (Phi) is 4.28. The number of benzene rings is 1. The molecular formula is C12H15FO2. The summed E-state index contributed by atoms with van der Waals surface area (Å²) in [5, 5.41) is 0. The van der Waals surface area contributed by atoms with Gasteiger partial charge < -0.3 is 4.74 Å². The monoisotopic (exact) mass is 210 g/mol. The molecule has 0 radical (unpaired) electrons. The molecule has 0 heterocycles. The van der Waals surface area contributed by atoms with Gasteiger partial charge in [0.1, 0.15) is 11.9 Å². The molecule has 0 aromatic heterocycles. The fourth-order valence-electron chi connectivity index (χ4n) is 1.26. The van der Waals surface area contributed by atoms with Crippen LogP contribution in [0.5, 0.6) is 0 Å². The molecule has 0 saturated heterocycles. The van der Waals surface area contributed by atoms with Crippen LogP contribution in [0.2, 0.25) is 0 Å². The predicted octanol–water partition coefficient (Wildman–Crippen LogP) is 3.23. The Balaban J connectivity index is 2.57. The van der Waals surface area contributed by atoms with E-state index in [0.717, 1.165) is 12.0 Å². The Morgan fingerprint density at radius 3 is 2.53 bits per heavy atom. The topological polar surface area (TPSA) is 26.3 Å². The van der Waals surface area contributed by atoms with Gasteiger partial charge in [-0.05, 0) is 31.0 Å². The first-order valence-electron chi connectivity index (χ1n) is 5.08. The molecule has 0 N–H and O–H groups in total. The Bertz CT molecular complexity index is 319. The molecule has 0 fully saturated rings. The van der Waals surface area contributed by atoms with Crippen LogP contribution in [-0.2, 0) is 9.53 Å². The first-order chi connectivity index (χ1) is 7.13. The molecule has 1 rings (SSSR count). The quantitative estimate of drug-likeness (QED) is 0.713. The maximum absolute atomic E-state index is 12.6. The van der Waals surface area contributed by atoms with E-state index < -0.39 is 0 Å². The van der Waals surface area contributed by atoms with Gasteiger partial charge in [0.05, 0.1) is 0 Å². The molecule has 1 aromatic carbocycles. The molecule has 2 nitrogen and oxygen atoms in total. The molecule has 0 aliphatic heterocycles. The SMILES string of the molecule is CCCC(=O)O[C@H](C)c1ccc(F)cc1. The Morgan fingerprint density at radius 2 is 2.00 bits per heavy atom. The standard InChI is InChI=1S/C12H15FO2/c1-3-4-12(14)15-9(2)10-5-7-11(13)8-6-10/h5-9H,3-4H2,1-2H3/t9-/m1/s1. The van der Waals surface area contributed by atoms with E-state index in [2.05, 4.69) is 0 Å². The van der Waals surface area contributed by atoms with Crippen molar-refractivity contribution in [2.45, 2.75) is 32.8 Å². The molecule has 15 heavy (non-hydrogen) atoms. The van der Waals surface area contributed by atoms with Crippen LogP contribution in [0, 0.1) is 5.82 Å². The molecule has 0 spiro atoms. The summed E-state index contributed by atoms with van der Waals surface area (Å²) >= 11 is 0. The number of hydrogen-bond acceptors (Lipinski definition) is 2. The number of carbonyl (C=O) groups excluding carboxylic acids is 1. The number of esters is 1. The zero-order valence-corrected chi connectivity index (χ0v) is 9.00. The van der Waals surface area contributed by atoms with Crippen molar-refractivity contribution in [2.75, 3.05) is 0 Å². The summed E-state index contributed by atoms with van der Waals surface area (Å²) in [6.07, 6.45) is 0.880. The summed E-state index contributed by atoms with van der Waals surface area (Å²) in [5.41, 5.74) is 0.806. The van der Waals surface area contributed by atoms with Crippen molar-refractivity contribution >= 4 is 5.97 Å². The van der Waals surface area contributed by atoms with Crippen LogP contribution in [0.1, 0.15) is 38.4 Å². The van der Waals surface area contributed by atoms with Gasteiger partial charge in [0.25, 0.3) is 0 Å². The van der Waals surface area contributed by atoms with Crippen molar-refractivity contribution in [3.05, 3.63) is 35.6 Å². The van der Waals surface area contributed by atoms with Gasteiger partial charge in [-0.3, -0.25) is 4.79 Å². The second-order valence-corrected chi connectivity index (χ2v) is 3.43. The van der Waals surface area contributed by atoms with Crippen molar-refractivity contribution < 1.29 is 13.9 Å². The van der Waals surface area contributed by atoms with Crippen molar-refractivity contribution in [1.29, 1.82) is 0 Å². The van der Waals surface area contributed by atoms with E-state index in [0.29, 0.717) is 6.42 Å². The number of hydrogen-bond donors (Lipinski definition) is 0. The molecule has 82 valence electrons. The zero-order chi connectivity index (χ0) is 11.3. The third-order valence-corrected chi connectivity index (χ3v) is 2.10. The van der Waals surface area contributed by atoms with E-state index >= 15 is 0 Å². The van der Waals surface area contributed by atoms with E-state index in [9.17, 15) is 9.18 Å². The van der Waals surface area contributed by atoms with E-state index in [1.807, 2.05) is 6.92 Å². The van der Waals surface area contributed by atoms with Gasteiger partial charge in [0.2, 0.25) is 0 Å². The largest absolute Gasteiger partial charge is 0.458 e. The van der Waals surface area contributed by atoms with E-state index in [1.54, 1.807) is 19.1 Å². The van der Waals surface area contributed by atoms with Gasteiger partial charge in [-0.1, -0.05) is 19.1 Å². The first-order valence-corrected chi connectivity index (χ1v) is 5.08. The third kappa shape index (κ3) is 3.70. The second-order valence-electron chi connectivity index (χ2n) is 3.43. The van der Waals surface area contributed by atoms with Crippen LogP contribution in [-0.4, -0.2) is 5.97 Å². The van der Waals surface area contributed by atoms with Gasteiger partial charge in [0.15, 0.2) is 0 Å². The van der Waals surface area contributed by atoms with Crippen molar-refractivity contribution in [3.8, 4) is 0 Å². The van der Waals surface area contributed by atoms with Crippen LogP contribution in [0.25, 0.3) is 0 Å². The summed E-state index contributed by atoms with van der Waals surface area (Å²) in [7, 11) is 0. The van der Waals surface area contributed by atoms with Gasteiger partial charge in [-0.25, -0.2) is 4.39 Å². The third-order valence-electron chi connectivity index (χ3n) is 2.10. The lowest BCUT2D eigenvalue weighted by Gasteiger charge is -2.13. The van der Waals surface area contributed by atoms with Crippen molar-refractivity contribution in [2.24, 2.45) is 0 Å². The summed E-state index contributed by atoms with van der Waals surface area (Å²) < 4.78 is 17.8. The maximum Gasteiger partial charge on any atom is 0.306 e. The molecule has 0 saturated carbocycles. The summed E-state index contributed by atoms with van der Waals surface area (Å²) in [5.74, 6) is -0.500. The van der Waals surface area contributed by atoms with Crippen molar-refractivity contribution in [1.82, 2.24) is 0 Å². The predicted molar refractivity (Wildman–Crippen MR) is 55.8 cm³/mol. The fourth-order valence-corrected chi connectivity index (χ4v) is 1.26. The lowest BCUT2D eigenvalue weighted by molar-refractivity contribution is -0.148. The van der Waals surface area contributed by atoms with Gasteiger partial charge in [0, 0.05) is 6.42 Å².